The van der Waals surface area contributed by atoms with Gasteiger partial charge in [-0.15, -0.1) is 0 Å². The van der Waals surface area contributed by atoms with Gasteiger partial charge in [0.2, 0.25) is 0 Å². The van der Waals surface area contributed by atoms with Crippen molar-refractivity contribution in [2.24, 2.45) is 5.84 Å². The highest BCUT2D eigenvalue weighted by atomic mass is 16.5. The van der Waals surface area contributed by atoms with Crippen LogP contribution in [0.5, 0.6) is 5.75 Å². The van der Waals surface area contributed by atoms with E-state index < -0.39 is 0 Å². The molecule has 0 radical (unpaired) electrons. The Morgan fingerprint density at radius 3 is 2.85 bits per heavy atom. The molecule has 0 bridgehead atoms. The zero-order chi connectivity index (χ0) is 14.4. The summed E-state index contributed by atoms with van der Waals surface area (Å²) in [7, 11) is 1.65. The fourth-order valence-corrected chi connectivity index (χ4v) is 2.31. The number of nitrogens with zero attached hydrogens (tertiary/aromatic N) is 1. The Labute approximate surface area is 120 Å². The smallest absolute Gasteiger partial charge is 0.142 e. The molecule has 0 spiro atoms. The highest BCUT2D eigenvalue weighted by Crippen LogP contribution is 2.25. The van der Waals surface area contributed by atoms with Gasteiger partial charge in [0.15, 0.2) is 0 Å². The lowest BCUT2D eigenvalue weighted by Crippen LogP contribution is -2.29. The second kappa shape index (κ2) is 7.03. The van der Waals surface area contributed by atoms with Crippen LogP contribution in [0, 0.1) is 6.92 Å². The first-order chi connectivity index (χ1) is 9.74. The summed E-state index contributed by atoms with van der Waals surface area (Å²) in [6, 6.07) is 12.3. The molecule has 0 aliphatic heterocycles. The van der Waals surface area contributed by atoms with E-state index in [0.29, 0.717) is 0 Å². The van der Waals surface area contributed by atoms with Crippen molar-refractivity contribution in [1.82, 2.24) is 10.4 Å². The van der Waals surface area contributed by atoms with Crippen molar-refractivity contribution in [2.45, 2.75) is 25.8 Å². The van der Waals surface area contributed by atoms with Gasteiger partial charge in [0.25, 0.3) is 0 Å². The van der Waals surface area contributed by atoms with Crippen molar-refractivity contribution < 1.29 is 4.74 Å². The van der Waals surface area contributed by atoms with Crippen LogP contribution in [0.3, 0.4) is 0 Å². The predicted octanol–water partition coefficient (Wildman–Crippen LogP) is 2.54. The number of hydrogen-bond acceptors (Lipinski definition) is 4. The van der Waals surface area contributed by atoms with Gasteiger partial charge in [-0.1, -0.05) is 29.8 Å². The van der Waals surface area contributed by atoms with Crippen LogP contribution in [0.25, 0.3) is 0 Å². The summed E-state index contributed by atoms with van der Waals surface area (Å²) in [6.07, 6.45) is 3.57. The minimum Gasteiger partial charge on any atom is -0.495 e. The normalized spacial score (nSPS) is 12.2. The molecule has 1 aromatic carbocycles. The molecule has 1 heterocycles. The third kappa shape index (κ3) is 3.56. The van der Waals surface area contributed by atoms with Gasteiger partial charge >= 0.3 is 0 Å². The van der Waals surface area contributed by atoms with Crippen molar-refractivity contribution in [1.29, 1.82) is 0 Å². The van der Waals surface area contributed by atoms with Crippen LogP contribution < -0.4 is 16.0 Å². The molecule has 4 nitrogen and oxygen atoms in total. The fraction of sp³-hybridized carbons (Fsp3) is 0.312. The Balaban J connectivity index is 2.09. The number of nitrogens with one attached hydrogen (secondary N) is 1. The van der Waals surface area contributed by atoms with E-state index in [-0.39, 0.29) is 6.04 Å². The maximum Gasteiger partial charge on any atom is 0.142 e. The largest absolute Gasteiger partial charge is 0.495 e. The molecule has 106 valence electrons. The second-order valence-electron chi connectivity index (χ2n) is 4.84. The number of benzene rings is 1. The summed E-state index contributed by atoms with van der Waals surface area (Å²) in [5.74, 6) is 6.44. The first-order valence-electron chi connectivity index (χ1n) is 6.75. The molecule has 0 aliphatic carbocycles. The average molecular weight is 271 g/mol. The van der Waals surface area contributed by atoms with E-state index in [1.54, 1.807) is 13.3 Å². The number of aromatic nitrogens is 1. The first-order valence-corrected chi connectivity index (χ1v) is 6.75. The number of aryl methyl sites for hydroxylation is 2. The summed E-state index contributed by atoms with van der Waals surface area (Å²) in [4.78, 5) is 4.38. The van der Waals surface area contributed by atoms with E-state index in [0.717, 1.165) is 24.3 Å². The topological polar surface area (TPSA) is 60.2 Å². The Morgan fingerprint density at radius 1 is 1.30 bits per heavy atom. The van der Waals surface area contributed by atoms with Gasteiger partial charge in [-0.05, 0) is 37.5 Å². The number of rotatable bonds is 6. The number of nitrogens with two attached hydrogens (primary N) is 1. The van der Waals surface area contributed by atoms with Gasteiger partial charge in [0, 0.05) is 6.20 Å². The van der Waals surface area contributed by atoms with Crippen molar-refractivity contribution in [3.63, 3.8) is 0 Å². The third-order valence-electron chi connectivity index (χ3n) is 3.36. The standard InChI is InChI=1S/C16H21N3O/c1-12-5-3-6-13(11-12)8-9-14(19-17)16-15(20-2)7-4-10-18-16/h3-7,10-11,14,19H,8-9,17H2,1-2H3. The minimum absolute atomic E-state index is 0.0216. The summed E-state index contributed by atoms with van der Waals surface area (Å²) >= 11 is 0. The molecule has 4 heteroatoms. The van der Waals surface area contributed by atoms with Crippen molar-refractivity contribution >= 4 is 0 Å². The quantitative estimate of drug-likeness (QED) is 0.626. The van der Waals surface area contributed by atoms with Crippen molar-refractivity contribution in [2.75, 3.05) is 7.11 Å². The van der Waals surface area contributed by atoms with Gasteiger partial charge < -0.3 is 4.74 Å². The van der Waals surface area contributed by atoms with Crippen LogP contribution in [-0.2, 0) is 6.42 Å². The van der Waals surface area contributed by atoms with Crippen LogP contribution in [0.4, 0.5) is 0 Å². The predicted molar refractivity (Wildman–Crippen MR) is 80.4 cm³/mol. The number of methoxy groups -OCH3 is 1. The molecule has 2 aromatic rings. The maximum absolute atomic E-state index is 5.68. The molecule has 0 saturated heterocycles. The highest BCUT2D eigenvalue weighted by molar-refractivity contribution is 5.30. The van der Waals surface area contributed by atoms with Gasteiger partial charge in [-0.25, -0.2) is 0 Å². The lowest BCUT2D eigenvalue weighted by Gasteiger charge is -2.17. The molecule has 0 saturated carbocycles. The van der Waals surface area contributed by atoms with Crippen LogP contribution in [-0.4, -0.2) is 12.1 Å². The molecule has 0 amide bonds. The van der Waals surface area contributed by atoms with E-state index in [2.05, 4.69) is 41.6 Å². The molecule has 20 heavy (non-hydrogen) atoms. The van der Waals surface area contributed by atoms with E-state index in [4.69, 9.17) is 10.6 Å². The molecule has 1 unspecified atom stereocenters. The molecular formula is C16H21N3O. The minimum atomic E-state index is -0.0216. The second-order valence-corrected chi connectivity index (χ2v) is 4.84. The van der Waals surface area contributed by atoms with Crippen molar-refractivity contribution in [3.8, 4) is 5.75 Å². The van der Waals surface area contributed by atoms with Gasteiger partial charge in [-0.3, -0.25) is 16.3 Å². The SMILES string of the molecule is COc1cccnc1C(CCc1cccc(C)c1)NN. The summed E-state index contributed by atoms with van der Waals surface area (Å²) in [5, 5.41) is 0. The Morgan fingerprint density at radius 2 is 2.15 bits per heavy atom. The van der Waals surface area contributed by atoms with E-state index in [1.165, 1.54) is 11.1 Å². The zero-order valence-electron chi connectivity index (χ0n) is 12.0. The third-order valence-corrected chi connectivity index (χ3v) is 3.36. The number of hydrogen-bond donors (Lipinski definition) is 2. The van der Waals surface area contributed by atoms with Crippen LogP contribution in [0.15, 0.2) is 42.6 Å². The lowest BCUT2D eigenvalue weighted by atomic mass is 10.0. The summed E-state index contributed by atoms with van der Waals surface area (Å²) in [6.45, 7) is 2.10. The molecule has 0 aliphatic rings. The van der Waals surface area contributed by atoms with Crippen LogP contribution in [0.1, 0.15) is 29.3 Å². The average Bonchev–Trinajstić information content (AvgIpc) is 2.48. The summed E-state index contributed by atoms with van der Waals surface area (Å²) in [5.41, 5.74) is 6.27. The van der Waals surface area contributed by atoms with Crippen LogP contribution in [0.2, 0.25) is 0 Å². The molecule has 2 rings (SSSR count). The number of pyridine rings is 1. The van der Waals surface area contributed by atoms with E-state index >= 15 is 0 Å². The van der Waals surface area contributed by atoms with Gasteiger partial charge in [0.1, 0.15) is 11.4 Å². The zero-order valence-corrected chi connectivity index (χ0v) is 12.0. The van der Waals surface area contributed by atoms with E-state index in [9.17, 15) is 0 Å². The Bertz CT molecular complexity index is 557. The van der Waals surface area contributed by atoms with Gasteiger partial charge in [-0.2, -0.15) is 0 Å². The molecule has 1 atom stereocenters. The van der Waals surface area contributed by atoms with E-state index in [1.807, 2.05) is 12.1 Å². The lowest BCUT2D eigenvalue weighted by molar-refractivity contribution is 0.390. The number of hydrazine groups is 1. The Kier molecular flexibility index (Phi) is 5.09. The van der Waals surface area contributed by atoms with Crippen molar-refractivity contribution in [3.05, 3.63) is 59.4 Å². The monoisotopic (exact) mass is 271 g/mol. The van der Waals surface area contributed by atoms with Crippen LogP contribution >= 0.6 is 0 Å². The fourth-order valence-electron chi connectivity index (χ4n) is 2.31. The van der Waals surface area contributed by atoms with Gasteiger partial charge in [0.05, 0.1) is 13.2 Å². The summed E-state index contributed by atoms with van der Waals surface area (Å²) < 4.78 is 5.34. The number of ether oxygens (including phenoxy) is 1. The molecular weight excluding hydrogens is 250 g/mol. The first kappa shape index (κ1) is 14.5. The molecule has 1 aromatic heterocycles. The maximum atomic E-state index is 5.68. The molecule has 3 N–H and O–H groups in total. The molecule has 0 fully saturated rings. The Hall–Kier alpha value is -1.91. The highest BCUT2D eigenvalue weighted by Gasteiger charge is 2.15.